The number of nitrogens with one attached hydrogen (secondary N) is 2. The Morgan fingerprint density at radius 3 is 3.00 bits per heavy atom. The van der Waals surface area contributed by atoms with Crippen LogP contribution in [0.25, 0.3) is 0 Å². The van der Waals surface area contributed by atoms with Crippen molar-refractivity contribution in [3.63, 3.8) is 0 Å². The number of hydrogen-bond acceptors (Lipinski definition) is 4. The van der Waals surface area contributed by atoms with E-state index in [9.17, 15) is 9.59 Å². The number of carbonyl (C=O) groups excluding carboxylic acids is 2. The third-order valence-corrected chi connectivity index (χ3v) is 4.18. The molecule has 6 nitrogen and oxygen atoms in total. The second-order valence-corrected chi connectivity index (χ2v) is 5.80. The minimum atomic E-state index is -0.384. The van der Waals surface area contributed by atoms with Crippen LogP contribution >= 0.6 is 0 Å². The third-order valence-electron chi connectivity index (χ3n) is 4.18. The van der Waals surface area contributed by atoms with E-state index in [2.05, 4.69) is 16.7 Å². The monoisotopic (exact) mass is 294 g/mol. The molecule has 2 aliphatic rings. The first-order valence-electron chi connectivity index (χ1n) is 7.85. The molecule has 118 valence electrons. The molecule has 0 saturated carbocycles. The maximum absolute atomic E-state index is 12.0. The lowest BCUT2D eigenvalue weighted by Crippen LogP contribution is -2.58. The summed E-state index contributed by atoms with van der Waals surface area (Å²) in [5.41, 5.74) is 6.83. The second kappa shape index (κ2) is 8.14. The molecule has 0 spiro atoms. The highest BCUT2D eigenvalue weighted by atomic mass is 16.2. The predicted octanol–water partition coefficient (Wildman–Crippen LogP) is -0.248. The second-order valence-electron chi connectivity index (χ2n) is 5.80. The summed E-state index contributed by atoms with van der Waals surface area (Å²) in [5, 5.41) is 6.07. The van der Waals surface area contributed by atoms with Gasteiger partial charge in [-0.15, -0.1) is 0 Å². The van der Waals surface area contributed by atoms with Crippen molar-refractivity contribution in [2.75, 3.05) is 32.7 Å². The van der Waals surface area contributed by atoms with Gasteiger partial charge in [-0.2, -0.15) is 0 Å². The highest BCUT2D eigenvalue weighted by molar-refractivity contribution is 5.82. The van der Waals surface area contributed by atoms with Crippen molar-refractivity contribution in [2.24, 2.45) is 5.73 Å². The molecular weight excluding hydrogens is 268 g/mol. The fourth-order valence-electron chi connectivity index (χ4n) is 2.95. The molecule has 1 aliphatic carbocycles. The quantitative estimate of drug-likeness (QED) is 0.590. The summed E-state index contributed by atoms with van der Waals surface area (Å²) in [6.45, 7) is 2.90. The van der Waals surface area contributed by atoms with Crippen LogP contribution in [0.2, 0.25) is 0 Å². The molecule has 1 unspecified atom stereocenters. The van der Waals surface area contributed by atoms with E-state index in [1.165, 1.54) is 24.8 Å². The van der Waals surface area contributed by atoms with Crippen LogP contribution in [0.3, 0.4) is 0 Å². The van der Waals surface area contributed by atoms with Crippen LogP contribution in [0.4, 0.5) is 0 Å². The van der Waals surface area contributed by atoms with Crippen LogP contribution < -0.4 is 16.4 Å². The van der Waals surface area contributed by atoms with Gasteiger partial charge in [0.1, 0.15) is 6.04 Å². The lowest BCUT2D eigenvalue weighted by atomic mass is 9.97. The molecule has 21 heavy (non-hydrogen) atoms. The average molecular weight is 294 g/mol. The first-order chi connectivity index (χ1) is 10.2. The number of nitrogens with two attached hydrogens (primary N) is 1. The molecule has 0 aromatic heterocycles. The van der Waals surface area contributed by atoms with Gasteiger partial charge in [-0.3, -0.25) is 14.5 Å². The number of primary amides is 1. The number of amides is 2. The van der Waals surface area contributed by atoms with Crippen molar-refractivity contribution in [3.8, 4) is 0 Å². The minimum absolute atomic E-state index is 0.0282. The molecule has 2 rings (SSSR count). The Balaban J connectivity index is 1.70. The number of nitrogens with zero attached hydrogens (tertiary/aromatic N) is 1. The maximum Gasteiger partial charge on any atom is 0.236 e. The first kappa shape index (κ1) is 16.0. The lowest BCUT2D eigenvalue weighted by Gasteiger charge is -2.33. The Kier molecular flexibility index (Phi) is 6.20. The number of allylic oxidation sites excluding steroid dienone is 1. The fraction of sp³-hybridized carbons (Fsp3) is 0.733. The van der Waals surface area contributed by atoms with Crippen molar-refractivity contribution >= 4 is 11.8 Å². The molecule has 6 heteroatoms. The van der Waals surface area contributed by atoms with Crippen LogP contribution in [-0.2, 0) is 9.59 Å². The molecule has 0 bridgehead atoms. The Morgan fingerprint density at radius 1 is 1.43 bits per heavy atom. The Hall–Kier alpha value is -1.40. The summed E-state index contributed by atoms with van der Waals surface area (Å²) in [7, 11) is 0. The average Bonchev–Trinajstić information content (AvgIpc) is 2.48. The van der Waals surface area contributed by atoms with Gasteiger partial charge in [0.05, 0.1) is 6.54 Å². The summed E-state index contributed by atoms with van der Waals surface area (Å²) in [4.78, 5) is 25.2. The van der Waals surface area contributed by atoms with Crippen molar-refractivity contribution in [3.05, 3.63) is 11.6 Å². The number of rotatable bonds is 6. The number of carbonyl (C=O) groups is 2. The normalized spacial score (nSPS) is 23.4. The molecule has 0 radical (unpaired) electrons. The topological polar surface area (TPSA) is 87.5 Å². The summed E-state index contributed by atoms with van der Waals surface area (Å²) in [6, 6.07) is -0.384. The van der Waals surface area contributed by atoms with Gasteiger partial charge in [0.2, 0.25) is 11.8 Å². The number of piperazine rings is 1. The molecular formula is C15H26N4O2. The Labute approximate surface area is 126 Å². The first-order valence-corrected chi connectivity index (χ1v) is 7.85. The van der Waals surface area contributed by atoms with Gasteiger partial charge >= 0.3 is 0 Å². The summed E-state index contributed by atoms with van der Waals surface area (Å²) >= 11 is 0. The predicted molar refractivity (Wildman–Crippen MR) is 81.6 cm³/mol. The van der Waals surface area contributed by atoms with E-state index >= 15 is 0 Å². The standard InChI is InChI=1S/C15H26N4O2/c16-15(21)13-10-17-8-9-19(13)11-14(20)18-7-6-12-4-2-1-3-5-12/h4,13,17H,1-3,5-11H2,(H2,16,21)(H,18,20). The van der Waals surface area contributed by atoms with Crippen LogP contribution in [0.15, 0.2) is 11.6 Å². The zero-order valence-electron chi connectivity index (χ0n) is 12.6. The molecule has 0 aromatic carbocycles. The van der Waals surface area contributed by atoms with E-state index in [-0.39, 0.29) is 24.4 Å². The SMILES string of the molecule is NC(=O)C1CNCCN1CC(=O)NCCC1=CCCCC1. The molecule has 0 aromatic rings. The van der Waals surface area contributed by atoms with Crippen LogP contribution in [-0.4, -0.2) is 55.5 Å². The van der Waals surface area contributed by atoms with Gasteiger partial charge in [-0.25, -0.2) is 0 Å². The molecule has 1 atom stereocenters. The van der Waals surface area contributed by atoms with E-state index in [1.807, 2.05) is 4.90 Å². The van der Waals surface area contributed by atoms with Crippen LogP contribution in [0, 0.1) is 0 Å². The molecule has 1 saturated heterocycles. The van der Waals surface area contributed by atoms with E-state index in [0.717, 1.165) is 19.4 Å². The summed E-state index contributed by atoms with van der Waals surface area (Å²) < 4.78 is 0. The van der Waals surface area contributed by atoms with Crippen molar-refractivity contribution in [2.45, 2.75) is 38.1 Å². The smallest absolute Gasteiger partial charge is 0.236 e. The van der Waals surface area contributed by atoms with Crippen molar-refractivity contribution < 1.29 is 9.59 Å². The largest absolute Gasteiger partial charge is 0.368 e. The fourth-order valence-corrected chi connectivity index (χ4v) is 2.95. The van der Waals surface area contributed by atoms with Crippen molar-refractivity contribution in [1.29, 1.82) is 0 Å². The molecule has 2 amide bonds. The molecule has 1 aliphatic heterocycles. The van der Waals surface area contributed by atoms with E-state index in [1.54, 1.807) is 0 Å². The van der Waals surface area contributed by atoms with Crippen LogP contribution in [0.1, 0.15) is 32.1 Å². The van der Waals surface area contributed by atoms with Gasteiger partial charge in [0.25, 0.3) is 0 Å². The highest BCUT2D eigenvalue weighted by Crippen LogP contribution is 2.19. The molecule has 1 fully saturated rings. The maximum atomic E-state index is 12.0. The number of hydrogen-bond donors (Lipinski definition) is 3. The van der Waals surface area contributed by atoms with Gasteiger partial charge in [0, 0.05) is 26.2 Å². The zero-order valence-corrected chi connectivity index (χ0v) is 12.6. The third kappa shape index (κ3) is 5.13. The van der Waals surface area contributed by atoms with Gasteiger partial charge in [-0.1, -0.05) is 11.6 Å². The van der Waals surface area contributed by atoms with Gasteiger partial charge in [0.15, 0.2) is 0 Å². The van der Waals surface area contributed by atoms with Crippen molar-refractivity contribution in [1.82, 2.24) is 15.5 Å². The Bertz CT molecular complexity index is 408. The molecule has 1 heterocycles. The van der Waals surface area contributed by atoms with Gasteiger partial charge in [-0.05, 0) is 32.1 Å². The van der Waals surface area contributed by atoms with Gasteiger partial charge < -0.3 is 16.4 Å². The lowest BCUT2D eigenvalue weighted by molar-refractivity contribution is -0.127. The zero-order chi connectivity index (χ0) is 15.1. The highest BCUT2D eigenvalue weighted by Gasteiger charge is 2.27. The van der Waals surface area contributed by atoms with Crippen LogP contribution in [0.5, 0.6) is 0 Å². The van der Waals surface area contributed by atoms with E-state index < -0.39 is 0 Å². The molecule has 4 N–H and O–H groups in total. The minimum Gasteiger partial charge on any atom is -0.368 e. The van der Waals surface area contributed by atoms with E-state index in [0.29, 0.717) is 19.6 Å². The summed E-state index contributed by atoms with van der Waals surface area (Å²) in [5.74, 6) is -0.401. The Morgan fingerprint density at radius 2 is 2.29 bits per heavy atom. The van der Waals surface area contributed by atoms with E-state index in [4.69, 9.17) is 5.73 Å². The summed E-state index contributed by atoms with van der Waals surface area (Å²) in [6.07, 6.45) is 8.12.